The van der Waals surface area contributed by atoms with E-state index in [2.05, 4.69) is 0 Å². The summed E-state index contributed by atoms with van der Waals surface area (Å²) in [7, 11) is 0. The smallest absolute Gasteiger partial charge is 0.399 e. The molecule has 0 bridgehead atoms. The van der Waals surface area contributed by atoms with Gasteiger partial charge in [-0.2, -0.15) is 13.2 Å². The van der Waals surface area contributed by atoms with Crippen molar-refractivity contribution in [1.82, 2.24) is 0 Å². The topological polar surface area (TPSA) is 43.1 Å². The molecule has 0 heterocycles. The number of anilines is 1. The molecule has 2 rings (SSSR count). The first-order chi connectivity index (χ1) is 9.29. The predicted molar refractivity (Wildman–Crippen MR) is 65.7 cm³/mol. The Balaban J connectivity index is 2.37. The molecule has 0 aliphatic heterocycles. The number of nitrogens with two attached hydrogens (primary N) is 1. The van der Waals surface area contributed by atoms with Gasteiger partial charge in [0.25, 0.3) is 0 Å². The van der Waals surface area contributed by atoms with Crippen molar-refractivity contribution in [3.8, 4) is 0 Å². The predicted octanol–water partition coefficient (Wildman–Crippen LogP) is 3.66. The van der Waals surface area contributed by atoms with Crippen LogP contribution in [0.25, 0.3) is 0 Å². The Morgan fingerprint density at radius 1 is 0.950 bits per heavy atom. The van der Waals surface area contributed by atoms with Gasteiger partial charge in [-0.15, -0.1) is 0 Å². The number of benzene rings is 2. The summed E-state index contributed by atoms with van der Waals surface area (Å²) in [4.78, 5) is 12.0. The molecule has 0 fully saturated rings. The van der Waals surface area contributed by atoms with Gasteiger partial charge >= 0.3 is 6.18 Å². The molecule has 0 aliphatic carbocycles. The van der Waals surface area contributed by atoms with E-state index in [1.54, 1.807) is 0 Å². The lowest BCUT2D eigenvalue weighted by Gasteiger charge is -2.09. The van der Waals surface area contributed by atoms with E-state index in [-0.39, 0.29) is 11.1 Å². The Labute approximate surface area is 111 Å². The van der Waals surface area contributed by atoms with Crippen LogP contribution in [0.15, 0.2) is 42.5 Å². The highest BCUT2D eigenvalue weighted by Gasteiger charge is 2.34. The molecular formula is C14H9F4NO. The second-order valence-electron chi connectivity index (χ2n) is 4.14. The second-order valence-corrected chi connectivity index (χ2v) is 4.14. The van der Waals surface area contributed by atoms with E-state index in [1.807, 2.05) is 0 Å². The lowest BCUT2D eigenvalue weighted by molar-refractivity contribution is -0.140. The zero-order valence-corrected chi connectivity index (χ0v) is 10.0. The van der Waals surface area contributed by atoms with E-state index in [9.17, 15) is 22.4 Å². The van der Waals surface area contributed by atoms with Crippen LogP contribution in [0.4, 0.5) is 23.2 Å². The van der Waals surface area contributed by atoms with Crippen LogP contribution in [0.5, 0.6) is 0 Å². The number of carbonyl (C=O) groups excluding carboxylic acids is 1. The fraction of sp³-hybridized carbons (Fsp3) is 0.0714. The lowest BCUT2D eigenvalue weighted by atomic mass is 10.0. The highest BCUT2D eigenvalue weighted by molar-refractivity contribution is 6.09. The van der Waals surface area contributed by atoms with Gasteiger partial charge < -0.3 is 5.73 Å². The normalized spacial score (nSPS) is 11.4. The van der Waals surface area contributed by atoms with Gasteiger partial charge in [0.1, 0.15) is 5.82 Å². The molecule has 0 amide bonds. The van der Waals surface area contributed by atoms with Gasteiger partial charge in [-0.05, 0) is 36.4 Å². The van der Waals surface area contributed by atoms with Gasteiger partial charge in [0.05, 0.1) is 5.56 Å². The molecule has 2 aromatic carbocycles. The summed E-state index contributed by atoms with van der Waals surface area (Å²) in [5.41, 5.74) is 4.58. The zero-order valence-electron chi connectivity index (χ0n) is 10.0. The first-order valence-electron chi connectivity index (χ1n) is 5.56. The molecule has 0 aromatic heterocycles. The fourth-order valence-corrected chi connectivity index (χ4v) is 1.69. The van der Waals surface area contributed by atoms with Crippen LogP contribution >= 0.6 is 0 Å². The van der Waals surface area contributed by atoms with Crippen LogP contribution in [-0.2, 0) is 6.18 Å². The largest absolute Gasteiger partial charge is 0.419 e. The van der Waals surface area contributed by atoms with Crippen molar-refractivity contribution in [3.05, 3.63) is 65.0 Å². The molecule has 0 unspecified atom stereocenters. The maximum absolute atomic E-state index is 13.4. The van der Waals surface area contributed by atoms with Crippen LogP contribution in [0.3, 0.4) is 0 Å². The number of carbonyl (C=O) groups is 1. The molecule has 2 aromatic rings. The molecule has 0 saturated carbocycles. The number of hydrogen-bond donors (Lipinski definition) is 1. The van der Waals surface area contributed by atoms with Crippen molar-refractivity contribution >= 4 is 11.5 Å². The number of halogens is 4. The van der Waals surface area contributed by atoms with Crippen molar-refractivity contribution in [1.29, 1.82) is 0 Å². The van der Waals surface area contributed by atoms with Crippen molar-refractivity contribution in [2.45, 2.75) is 6.18 Å². The van der Waals surface area contributed by atoms with Crippen molar-refractivity contribution < 1.29 is 22.4 Å². The van der Waals surface area contributed by atoms with E-state index < -0.39 is 23.3 Å². The molecule has 2 nitrogen and oxygen atoms in total. The number of nitrogen functional groups attached to an aromatic ring is 1. The van der Waals surface area contributed by atoms with Gasteiger partial charge in [0.15, 0.2) is 5.78 Å². The Morgan fingerprint density at radius 2 is 1.50 bits per heavy atom. The molecule has 104 valence electrons. The molecule has 0 radical (unpaired) electrons. The minimum atomic E-state index is -4.78. The second kappa shape index (κ2) is 4.96. The van der Waals surface area contributed by atoms with Crippen molar-refractivity contribution in [2.24, 2.45) is 0 Å². The SMILES string of the molecule is Nc1ccc(C(=O)c2ccc(C(F)(F)F)c(F)c2)cc1. The maximum atomic E-state index is 13.4. The minimum Gasteiger partial charge on any atom is -0.399 e. The molecule has 0 atom stereocenters. The first-order valence-corrected chi connectivity index (χ1v) is 5.56. The minimum absolute atomic E-state index is 0.153. The third kappa shape index (κ3) is 2.79. The van der Waals surface area contributed by atoms with Crippen LogP contribution < -0.4 is 5.73 Å². The zero-order chi connectivity index (χ0) is 14.9. The van der Waals surface area contributed by atoms with Crippen LogP contribution in [0.2, 0.25) is 0 Å². The lowest BCUT2D eigenvalue weighted by Crippen LogP contribution is -2.10. The molecule has 6 heteroatoms. The number of rotatable bonds is 2. The standard InChI is InChI=1S/C14H9F4NO/c15-12-7-9(3-6-11(12)14(16,17)18)13(20)8-1-4-10(19)5-2-8/h1-7H,19H2. The highest BCUT2D eigenvalue weighted by atomic mass is 19.4. The average molecular weight is 283 g/mol. The first kappa shape index (κ1) is 14.0. The summed E-state index contributed by atoms with van der Waals surface area (Å²) in [6.07, 6.45) is -4.78. The maximum Gasteiger partial charge on any atom is 0.419 e. The van der Waals surface area contributed by atoms with Crippen molar-refractivity contribution in [2.75, 3.05) is 5.73 Å². The van der Waals surface area contributed by atoms with Crippen molar-refractivity contribution in [3.63, 3.8) is 0 Å². The van der Waals surface area contributed by atoms with E-state index in [1.165, 1.54) is 24.3 Å². The number of hydrogen-bond acceptors (Lipinski definition) is 2. The Hall–Kier alpha value is -2.37. The summed E-state index contributed by atoms with van der Waals surface area (Å²) in [5, 5.41) is 0. The summed E-state index contributed by atoms with van der Waals surface area (Å²) >= 11 is 0. The monoisotopic (exact) mass is 283 g/mol. The third-order valence-corrected chi connectivity index (χ3v) is 2.71. The van der Waals surface area contributed by atoms with Crippen LogP contribution in [-0.4, -0.2) is 5.78 Å². The number of alkyl halides is 3. The fourth-order valence-electron chi connectivity index (χ4n) is 1.69. The van der Waals surface area contributed by atoms with Gasteiger partial charge in [-0.25, -0.2) is 4.39 Å². The van der Waals surface area contributed by atoms with E-state index in [0.717, 1.165) is 6.07 Å². The van der Waals surface area contributed by atoms with Gasteiger partial charge in [-0.1, -0.05) is 6.07 Å². The molecular weight excluding hydrogens is 274 g/mol. The Bertz CT molecular complexity index is 647. The molecule has 0 aliphatic rings. The molecule has 2 N–H and O–H groups in total. The van der Waals surface area contributed by atoms with Gasteiger partial charge in [0, 0.05) is 16.8 Å². The van der Waals surface area contributed by atoms with Gasteiger partial charge in [0.2, 0.25) is 0 Å². The van der Waals surface area contributed by atoms with Gasteiger partial charge in [-0.3, -0.25) is 4.79 Å². The highest BCUT2D eigenvalue weighted by Crippen LogP contribution is 2.31. The molecule has 0 saturated heterocycles. The Kier molecular flexibility index (Phi) is 3.48. The third-order valence-electron chi connectivity index (χ3n) is 2.71. The van der Waals surface area contributed by atoms with Crippen LogP contribution in [0, 0.1) is 5.82 Å². The van der Waals surface area contributed by atoms with E-state index >= 15 is 0 Å². The van der Waals surface area contributed by atoms with E-state index in [4.69, 9.17) is 5.73 Å². The average Bonchev–Trinajstić information content (AvgIpc) is 2.37. The number of ketones is 1. The van der Waals surface area contributed by atoms with E-state index in [0.29, 0.717) is 17.8 Å². The van der Waals surface area contributed by atoms with Crippen LogP contribution in [0.1, 0.15) is 21.5 Å². The molecule has 20 heavy (non-hydrogen) atoms. The Morgan fingerprint density at radius 3 is 2.00 bits per heavy atom. The summed E-state index contributed by atoms with van der Waals surface area (Å²) in [6.45, 7) is 0. The molecule has 0 spiro atoms. The summed E-state index contributed by atoms with van der Waals surface area (Å²) < 4.78 is 50.6. The summed E-state index contributed by atoms with van der Waals surface area (Å²) in [5.74, 6) is -2.04. The quantitative estimate of drug-likeness (QED) is 0.519. The summed E-state index contributed by atoms with van der Waals surface area (Å²) in [6, 6.07) is 7.90.